The molecule has 0 saturated heterocycles. The van der Waals surface area contributed by atoms with E-state index in [9.17, 15) is 13.5 Å². The van der Waals surface area contributed by atoms with Crippen LogP contribution in [0.2, 0.25) is 0 Å². The number of aliphatic hydroxyl groups excluding tert-OH is 1. The van der Waals surface area contributed by atoms with E-state index in [1.165, 1.54) is 6.07 Å². The van der Waals surface area contributed by atoms with Gasteiger partial charge in [0.05, 0.1) is 18.7 Å². The number of sulfonamides is 1. The van der Waals surface area contributed by atoms with Crippen molar-refractivity contribution in [2.24, 2.45) is 5.92 Å². The van der Waals surface area contributed by atoms with Gasteiger partial charge in [-0.2, -0.15) is 0 Å². The second-order valence-corrected chi connectivity index (χ2v) is 7.40. The van der Waals surface area contributed by atoms with E-state index in [0.29, 0.717) is 31.1 Å². The lowest BCUT2D eigenvalue weighted by Gasteiger charge is -2.12. The van der Waals surface area contributed by atoms with Crippen molar-refractivity contribution in [1.82, 2.24) is 10.0 Å². The average Bonchev–Trinajstić information content (AvgIpc) is 2.95. The van der Waals surface area contributed by atoms with E-state index in [0.717, 1.165) is 6.54 Å². The molecular weight excluding hydrogens is 280 g/mol. The fourth-order valence-electron chi connectivity index (χ4n) is 1.86. The van der Waals surface area contributed by atoms with Gasteiger partial charge >= 0.3 is 0 Å². The second-order valence-electron chi connectivity index (χ2n) is 5.79. The molecule has 20 heavy (non-hydrogen) atoms. The summed E-state index contributed by atoms with van der Waals surface area (Å²) in [5.74, 6) is 1.11. The van der Waals surface area contributed by atoms with Gasteiger partial charge < -0.3 is 14.8 Å². The molecular formula is C13H22N2O4S. The Bertz CT molecular complexity index is 546. The van der Waals surface area contributed by atoms with Gasteiger partial charge in [0.1, 0.15) is 5.76 Å². The maximum atomic E-state index is 12.1. The minimum atomic E-state index is -3.69. The topological polar surface area (TPSA) is 91.6 Å². The van der Waals surface area contributed by atoms with Crippen LogP contribution in [0.25, 0.3) is 0 Å². The smallest absolute Gasteiger partial charge is 0.274 e. The second kappa shape index (κ2) is 5.85. The molecule has 1 aliphatic carbocycles. The molecule has 0 amide bonds. The van der Waals surface area contributed by atoms with Gasteiger partial charge in [0.15, 0.2) is 0 Å². The van der Waals surface area contributed by atoms with Crippen molar-refractivity contribution in [2.45, 2.75) is 43.9 Å². The summed E-state index contributed by atoms with van der Waals surface area (Å²) in [6, 6.07) is 3.10. The highest BCUT2D eigenvalue weighted by molar-refractivity contribution is 7.89. The maximum absolute atomic E-state index is 12.1. The van der Waals surface area contributed by atoms with Crippen LogP contribution < -0.4 is 10.0 Å². The normalized spacial score (nSPS) is 17.6. The van der Waals surface area contributed by atoms with E-state index in [2.05, 4.69) is 23.9 Å². The van der Waals surface area contributed by atoms with Crippen LogP contribution in [0.1, 0.15) is 32.4 Å². The van der Waals surface area contributed by atoms with Gasteiger partial charge in [-0.15, -0.1) is 0 Å². The Labute approximate surface area is 119 Å². The molecule has 0 aromatic carbocycles. The lowest BCUT2D eigenvalue weighted by molar-refractivity contribution is 0.245. The van der Waals surface area contributed by atoms with Crippen LogP contribution >= 0.6 is 0 Å². The number of hydrogen-bond acceptors (Lipinski definition) is 5. The molecule has 1 aliphatic rings. The molecule has 0 radical (unpaired) electrons. The Morgan fingerprint density at radius 1 is 1.40 bits per heavy atom. The van der Waals surface area contributed by atoms with Gasteiger partial charge in [-0.25, -0.2) is 13.1 Å². The molecule has 0 aliphatic heterocycles. The molecule has 1 fully saturated rings. The Balaban J connectivity index is 1.97. The van der Waals surface area contributed by atoms with Crippen LogP contribution in [0.3, 0.4) is 0 Å². The molecule has 1 heterocycles. The summed E-state index contributed by atoms with van der Waals surface area (Å²) in [6.07, 6.45) is 1.32. The van der Waals surface area contributed by atoms with Gasteiger partial charge in [0.25, 0.3) is 10.0 Å². The zero-order valence-corrected chi connectivity index (χ0v) is 12.7. The third-order valence-corrected chi connectivity index (χ3v) is 4.71. The molecule has 0 unspecified atom stereocenters. The minimum Gasteiger partial charge on any atom is -0.447 e. The highest BCUT2D eigenvalue weighted by Gasteiger charge is 2.46. The fraction of sp³-hybridized carbons (Fsp3) is 0.692. The van der Waals surface area contributed by atoms with Crippen molar-refractivity contribution >= 4 is 10.0 Å². The standard InChI is InChI=1S/C13H22N2O4S/c1-10(2)7-14-8-11-3-4-12(19-11)20(17,18)15-13(9-16)5-6-13/h3-4,10,14-16H,5-9H2,1-2H3. The summed E-state index contributed by atoms with van der Waals surface area (Å²) < 4.78 is 32.1. The van der Waals surface area contributed by atoms with Crippen LogP contribution in [0, 0.1) is 5.92 Å². The quantitative estimate of drug-likeness (QED) is 0.661. The van der Waals surface area contributed by atoms with Crippen molar-refractivity contribution in [3.05, 3.63) is 17.9 Å². The van der Waals surface area contributed by atoms with Crippen LogP contribution in [0.4, 0.5) is 0 Å². The number of nitrogens with one attached hydrogen (secondary N) is 2. The van der Waals surface area contributed by atoms with E-state index in [4.69, 9.17) is 4.42 Å². The zero-order valence-electron chi connectivity index (χ0n) is 11.8. The molecule has 6 nitrogen and oxygen atoms in total. The molecule has 1 aromatic heterocycles. The Morgan fingerprint density at radius 3 is 2.65 bits per heavy atom. The molecule has 3 N–H and O–H groups in total. The number of aliphatic hydroxyl groups is 1. The van der Waals surface area contributed by atoms with Crippen molar-refractivity contribution < 1.29 is 17.9 Å². The Morgan fingerprint density at radius 2 is 2.10 bits per heavy atom. The van der Waals surface area contributed by atoms with E-state index >= 15 is 0 Å². The SMILES string of the molecule is CC(C)CNCc1ccc(S(=O)(=O)NC2(CO)CC2)o1. The molecule has 1 aromatic rings. The highest BCUT2D eigenvalue weighted by atomic mass is 32.2. The van der Waals surface area contributed by atoms with E-state index < -0.39 is 15.6 Å². The predicted molar refractivity (Wildman–Crippen MR) is 74.6 cm³/mol. The van der Waals surface area contributed by atoms with Crippen LogP contribution in [-0.2, 0) is 16.6 Å². The first-order valence-corrected chi connectivity index (χ1v) is 8.29. The largest absolute Gasteiger partial charge is 0.447 e. The van der Waals surface area contributed by atoms with E-state index in [1.807, 2.05) is 0 Å². The molecule has 114 valence electrons. The van der Waals surface area contributed by atoms with E-state index in [1.54, 1.807) is 6.07 Å². The van der Waals surface area contributed by atoms with Crippen molar-refractivity contribution in [3.63, 3.8) is 0 Å². The first kappa shape index (κ1) is 15.5. The van der Waals surface area contributed by atoms with Gasteiger partial charge in [-0.05, 0) is 37.4 Å². The number of hydrogen-bond donors (Lipinski definition) is 3. The van der Waals surface area contributed by atoms with Crippen LogP contribution in [0.5, 0.6) is 0 Å². The van der Waals surface area contributed by atoms with Gasteiger partial charge in [0.2, 0.25) is 5.09 Å². The summed E-state index contributed by atoms with van der Waals surface area (Å²) in [5, 5.41) is 12.3. The molecule has 2 rings (SSSR count). The first-order chi connectivity index (χ1) is 9.37. The Kier molecular flexibility index (Phi) is 4.53. The lowest BCUT2D eigenvalue weighted by Crippen LogP contribution is -2.39. The van der Waals surface area contributed by atoms with Crippen molar-refractivity contribution in [3.8, 4) is 0 Å². The summed E-state index contributed by atoms with van der Waals surface area (Å²) in [5.41, 5.74) is -0.679. The van der Waals surface area contributed by atoms with Gasteiger partial charge in [-0.1, -0.05) is 13.8 Å². The Hall–Kier alpha value is -0.890. The molecule has 0 atom stereocenters. The summed E-state index contributed by atoms with van der Waals surface area (Å²) in [7, 11) is -3.69. The van der Waals surface area contributed by atoms with E-state index in [-0.39, 0.29) is 11.7 Å². The minimum absolute atomic E-state index is 0.0985. The lowest BCUT2D eigenvalue weighted by atomic mass is 10.2. The highest BCUT2D eigenvalue weighted by Crippen LogP contribution is 2.36. The number of rotatable bonds is 8. The average molecular weight is 302 g/mol. The first-order valence-electron chi connectivity index (χ1n) is 6.81. The molecule has 1 saturated carbocycles. The predicted octanol–water partition coefficient (Wildman–Crippen LogP) is 0.828. The fourth-order valence-corrected chi connectivity index (χ4v) is 3.26. The zero-order chi connectivity index (χ0) is 14.8. The third kappa shape index (κ3) is 3.82. The van der Waals surface area contributed by atoms with Crippen molar-refractivity contribution in [1.29, 1.82) is 0 Å². The third-order valence-electron chi connectivity index (χ3n) is 3.26. The molecule has 0 spiro atoms. The monoisotopic (exact) mass is 302 g/mol. The molecule has 7 heteroatoms. The maximum Gasteiger partial charge on any atom is 0.274 e. The summed E-state index contributed by atoms with van der Waals surface area (Å²) in [4.78, 5) is 0. The van der Waals surface area contributed by atoms with Crippen LogP contribution in [-0.4, -0.2) is 32.2 Å². The van der Waals surface area contributed by atoms with Gasteiger partial charge in [0, 0.05) is 0 Å². The van der Waals surface area contributed by atoms with Gasteiger partial charge in [-0.3, -0.25) is 0 Å². The molecule has 0 bridgehead atoms. The number of furan rings is 1. The van der Waals surface area contributed by atoms with Crippen LogP contribution in [0.15, 0.2) is 21.6 Å². The summed E-state index contributed by atoms with van der Waals surface area (Å²) in [6.45, 7) is 5.35. The summed E-state index contributed by atoms with van der Waals surface area (Å²) >= 11 is 0. The van der Waals surface area contributed by atoms with Crippen molar-refractivity contribution in [2.75, 3.05) is 13.2 Å².